The van der Waals surface area contributed by atoms with E-state index in [4.69, 9.17) is 27.9 Å². The average Bonchev–Trinajstić information content (AvgIpc) is 3.27. The molecule has 202 valence electrons. The highest BCUT2D eigenvalue weighted by molar-refractivity contribution is 6.42. The summed E-state index contributed by atoms with van der Waals surface area (Å²) < 4.78 is 6.94. The maximum absolute atomic E-state index is 13.3. The molecule has 8 nitrogen and oxygen atoms in total. The third kappa shape index (κ3) is 6.90. The van der Waals surface area contributed by atoms with Crippen molar-refractivity contribution in [3.05, 3.63) is 88.0 Å². The first-order valence-electron chi connectivity index (χ1n) is 12.5. The maximum atomic E-state index is 13.3. The lowest BCUT2D eigenvalue weighted by atomic mass is 10.2. The highest BCUT2D eigenvalue weighted by Crippen LogP contribution is 2.26. The summed E-state index contributed by atoms with van der Waals surface area (Å²) in [6, 6.07) is 18.4. The second kappa shape index (κ2) is 12.7. The summed E-state index contributed by atoms with van der Waals surface area (Å²) in [6.45, 7) is 4.52. The predicted molar refractivity (Wildman–Crippen MR) is 156 cm³/mol. The first-order valence-corrected chi connectivity index (χ1v) is 13.2. The standard InChI is InChI=1S/C29H28Cl2N4O4/c1-3-4-5-15-39-22-12-10-21(11-13-22)32-28(37)29(38)34-35-25-14-9-20(30)16-19(25)17-26(35)27(36)33-24-8-6-7-23(31)18(24)2/h6-14,16-17H,3-5,15H2,1-2H3,(H,32,37)(H,33,36)(H,34,38). The number of benzene rings is 3. The van der Waals surface area contributed by atoms with E-state index in [-0.39, 0.29) is 5.69 Å². The molecule has 0 fully saturated rings. The number of hydrogen-bond donors (Lipinski definition) is 3. The molecule has 0 spiro atoms. The van der Waals surface area contributed by atoms with E-state index in [0.717, 1.165) is 19.3 Å². The van der Waals surface area contributed by atoms with Gasteiger partial charge in [-0.2, -0.15) is 0 Å². The molecule has 4 aromatic rings. The second-order valence-corrected chi connectivity index (χ2v) is 9.75. The summed E-state index contributed by atoms with van der Waals surface area (Å²) >= 11 is 12.3. The fourth-order valence-corrected chi connectivity index (χ4v) is 4.27. The van der Waals surface area contributed by atoms with Crippen molar-refractivity contribution in [3.8, 4) is 5.75 Å². The minimum absolute atomic E-state index is 0.0948. The molecule has 0 radical (unpaired) electrons. The van der Waals surface area contributed by atoms with Crippen molar-refractivity contribution in [2.75, 3.05) is 22.7 Å². The van der Waals surface area contributed by atoms with Crippen molar-refractivity contribution in [3.63, 3.8) is 0 Å². The number of carbonyl (C=O) groups excluding carboxylic acids is 3. The lowest BCUT2D eigenvalue weighted by molar-refractivity contribution is -0.133. The van der Waals surface area contributed by atoms with Crippen LogP contribution in [0.5, 0.6) is 5.75 Å². The third-order valence-corrected chi connectivity index (χ3v) is 6.71. The van der Waals surface area contributed by atoms with Gasteiger partial charge in [-0.25, -0.2) is 4.68 Å². The molecule has 3 N–H and O–H groups in total. The van der Waals surface area contributed by atoms with Crippen LogP contribution < -0.4 is 20.8 Å². The Morgan fingerprint density at radius 1 is 0.897 bits per heavy atom. The van der Waals surface area contributed by atoms with E-state index in [0.29, 0.717) is 50.2 Å². The number of aromatic nitrogens is 1. The summed E-state index contributed by atoms with van der Waals surface area (Å²) in [5.41, 5.74) is 4.74. The van der Waals surface area contributed by atoms with Crippen LogP contribution in [-0.4, -0.2) is 29.0 Å². The number of fused-ring (bicyclic) bond motifs is 1. The molecule has 1 aromatic heterocycles. The summed E-state index contributed by atoms with van der Waals surface area (Å²) in [5, 5.41) is 6.93. The van der Waals surface area contributed by atoms with E-state index in [2.05, 4.69) is 23.0 Å². The van der Waals surface area contributed by atoms with Crippen LogP contribution in [0.15, 0.2) is 66.7 Å². The lowest BCUT2D eigenvalue weighted by Crippen LogP contribution is -2.36. The van der Waals surface area contributed by atoms with Crippen molar-refractivity contribution in [1.29, 1.82) is 0 Å². The van der Waals surface area contributed by atoms with Gasteiger partial charge in [-0.1, -0.05) is 49.0 Å². The zero-order valence-corrected chi connectivity index (χ0v) is 23.0. The summed E-state index contributed by atoms with van der Waals surface area (Å²) in [4.78, 5) is 38.9. The number of rotatable bonds is 9. The smallest absolute Gasteiger partial charge is 0.328 e. The summed E-state index contributed by atoms with van der Waals surface area (Å²) in [7, 11) is 0. The molecule has 0 saturated carbocycles. The monoisotopic (exact) mass is 566 g/mol. The number of anilines is 2. The normalized spacial score (nSPS) is 10.8. The average molecular weight is 567 g/mol. The van der Waals surface area contributed by atoms with Crippen LogP contribution in [0.3, 0.4) is 0 Å². The van der Waals surface area contributed by atoms with E-state index in [1.54, 1.807) is 73.7 Å². The Bertz CT molecular complexity index is 1520. The van der Waals surface area contributed by atoms with Crippen LogP contribution >= 0.6 is 23.2 Å². The van der Waals surface area contributed by atoms with Crippen molar-refractivity contribution >= 4 is 63.2 Å². The predicted octanol–water partition coefficient (Wildman–Crippen LogP) is 6.79. The number of halogens is 2. The largest absolute Gasteiger partial charge is 0.494 e. The van der Waals surface area contributed by atoms with Gasteiger partial charge >= 0.3 is 11.8 Å². The molecule has 4 rings (SSSR count). The molecular formula is C29H28Cl2N4O4. The van der Waals surface area contributed by atoms with Gasteiger partial charge in [-0.05, 0) is 79.6 Å². The summed E-state index contributed by atoms with van der Waals surface area (Å²) in [5.74, 6) is -1.70. The van der Waals surface area contributed by atoms with Crippen LogP contribution in [0.2, 0.25) is 10.0 Å². The van der Waals surface area contributed by atoms with Crippen molar-refractivity contribution < 1.29 is 19.1 Å². The van der Waals surface area contributed by atoms with Crippen molar-refractivity contribution in [1.82, 2.24) is 4.68 Å². The van der Waals surface area contributed by atoms with E-state index in [9.17, 15) is 14.4 Å². The Kier molecular flexibility index (Phi) is 9.11. The van der Waals surface area contributed by atoms with Crippen molar-refractivity contribution in [2.45, 2.75) is 33.1 Å². The minimum Gasteiger partial charge on any atom is -0.494 e. The number of carbonyl (C=O) groups is 3. The van der Waals surface area contributed by atoms with Gasteiger partial charge in [0, 0.05) is 26.8 Å². The van der Waals surface area contributed by atoms with Gasteiger partial charge in [0.1, 0.15) is 11.4 Å². The topological polar surface area (TPSA) is 101 Å². The molecule has 10 heteroatoms. The van der Waals surface area contributed by atoms with E-state index < -0.39 is 17.7 Å². The molecule has 0 atom stereocenters. The molecular weight excluding hydrogens is 539 g/mol. The fraction of sp³-hybridized carbons (Fsp3) is 0.207. The van der Waals surface area contributed by atoms with Crippen LogP contribution in [0.1, 0.15) is 42.2 Å². The third-order valence-electron chi connectivity index (χ3n) is 6.06. The molecule has 0 aliphatic heterocycles. The van der Waals surface area contributed by atoms with Gasteiger partial charge in [0.2, 0.25) is 0 Å². The van der Waals surface area contributed by atoms with Crippen LogP contribution in [0, 0.1) is 6.92 Å². The number of hydrogen-bond acceptors (Lipinski definition) is 4. The van der Waals surface area contributed by atoms with E-state index in [1.165, 1.54) is 4.68 Å². The SMILES string of the molecule is CCCCCOc1ccc(NC(=O)C(=O)Nn2c(C(=O)Nc3cccc(Cl)c3C)cc3cc(Cl)ccc32)cc1. The Morgan fingerprint density at radius 3 is 2.41 bits per heavy atom. The zero-order chi connectivity index (χ0) is 27.9. The molecule has 0 saturated heterocycles. The van der Waals surface area contributed by atoms with Gasteiger partial charge in [0.15, 0.2) is 0 Å². The highest BCUT2D eigenvalue weighted by Gasteiger charge is 2.22. The minimum atomic E-state index is -0.963. The van der Waals surface area contributed by atoms with E-state index in [1.807, 2.05) is 0 Å². The number of amides is 3. The van der Waals surface area contributed by atoms with Gasteiger partial charge in [0.05, 0.1) is 12.1 Å². The number of nitrogens with zero attached hydrogens (tertiary/aromatic N) is 1. The van der Waals surface area contributed by atoms with Crippen molar-refractivity contribution in [2.24, 2.45) is 0 Å². The first kappa shape index (κ1) is 28.0. The zero-order valence-electron chi connectivity index (χ0n) is 21.5. The molecule has 0 aliphatic rings. The van der Waals surface area contributed by atoms with Crippen LogP contribution in [-0.2, 0) is 9.59 Å². The lowest BCUT2D eigenvalue weighted by Gasteiger charge is -2.14. The molecule has 3 amide bonds. The number of unbranched alkanes of at least 4 members (excludes halogenated alkanes) is 2. The van der Waals surface area contributed by atoms with Crippen LogP contribution in [0.25, 0.3) is 10.9 Å². The Morgan fingerprint density at radius 2 is 1.67 bits per heavy atom. The van der Waals surface area contributed by atoms with Gasteiger partial charge in [0.25, 0.3) is 5.91 Å². The number of ether oxygens (including phenoxy) is 1. The Balaban J connectivity index is 1.50. The molecule has 1 heterocycles. The van der Waals surface area contributed by atoms with Gasteiger partial charge in [-0.3, -0.25) is 19.8 Å². The molecule has 0 unspecified atom stereocenters. The van der Waals surface area contributed by atoms with Crippen LogP contribution in [0.4, 0.5) is 11.4 Å². The second-order valence-electron chi connectivity index (χ2n) is 8.91. The molecule has 0 aliphatic carbocycles. The maximum Gasteiger partial charge on any atom is 0.328 e. The fourth-order valence-electron chi connectivity index (χ4n) is 3.92. The Hall–Kier alpha value is -4.01. The quantitative estimate of drug-likeness (QED) is 0.153. The first-order chi connectivity index (χ1) is 18.8. The van der Waals surface area contributed by atoms with Gasteiger partial charge in [-0.15, -0.1) is 0 Å². The van der Waals surface area contributed by atoms with Gasteiger partial charge < -0.3 is 15.4 Å². The Labute approximate surface area is 236 Å². The van der Waals surface area contributed by atoms with E-state index >= 15 is 0 Å². The number of nitrogens with one attached hydrogen (secondary N) is 3. The summed E-state index contributed by atoms with van der Waals surface area (Å²) in [6.07, 6.45) is 3.17. The molecule has 39 heavy (non-hydrogen) atoms. The molecule has 3 aromatic carbocycles. The highest BCUT2D eigenvalue weighted by atomic mass is 35.5. The molecule has 0 bridgehead atoms.